The van der Waals surface area contributed by atoms with Gasteiger partial charge in [-0.25, -0.2) is 0 Å². The summed E-state index contributed by atoms with van der Waals surface area (Å²) in [6, 6.07) is 12.9. The molecule has 0 heterocycles. The second kappa shape index (κ2) is 4.30. The van der Waals surface area contributed by atoms with Crippen molar-refractivity contribution in [2.75, 3.05) is 0 Å². The zero-order chi connectivity index (χ0) is 12.0. The summed E-state index contributed by atoms with van der Waals surface area (Å²) in [6.07, 6.45) is 1.91. The van der Waals surface area contributed by atoms with Gasteiger partial charge in [-0.3, -0.25) is 0 Å². The van der Waals surface area contributed by atoms with Crippen LogP contribution >= 0.6 is 0 Å². The van der Waals surface area contributed by atoms with Gasteiger partial charge in [-0.05, 0) is 44.8 Å². The van der Waals surface area contributed by atoms with Crippen molar-refractivity contribution >= 4 is 34.2 Å². The largest absolute Gasteiger partial charge is 0.0984 e. The van der Waals surface area contributed by atoms with E-state index in [-0.39, 0.29) is 7.43 Å². The molecule has 0 radical (unpaired) electrons. The topological polar surface area (TPSA) is 0 Å². The maximum Gasteiger partial charge on any atom is -0.00244 e. The molecule has 0 N–H and O–H groups in total. The van der Waals surface area contributed by atoms with Gasteiger partial charge in [-0.1, -0.05) is 63.1 Å². The van der Waals surface area contributed by atoms with Crippen LogP contribution in [0.4, 0.5) is 0 Å². The number of rotatable bonds is 1. The Labute approximate surface area is 108 Å². The van der Waals surface area contributed by atoms with E-state index >= 15 is 0 Å². The van der Waals surface area contributed by atoms with Crippen molar-refractivity contribution in [2.24, 2.45) is 0 Å². The maximum absolute atomic E-state index is 4.14. The van der Waals surface area contributed by atoms with Crippen molar-refractivity contribution in [1.29, 1.82) is 0 Å². The first kappa shape index (κ1) is 12.4. The second-order valence-corrected chi connectivity index (χ2v) is 4.49. The highest BCUT2D eigenvalue weighted by Crippen LogP contribution is 2.29. The molecule has 3 rings (SSSR count). The fourth-order valence-corrected chi connectivity index (χ4v) is 2.56. The van der Waals surface area contributed by atoms with Gasteiger partial charge in [0.1, 0.15) is 0 Å². The minimum atomic E-state index is 0. The molecule has 0 atom stereocenters. The highest BCUT2D eigenvalue weighted by Gasteiger charge is 2.07. The van der Waals surface area contributed by atoms with Gasteiger partial charge in [0.2, 0.25) is 0 Å². The molecule has 0 saturated heterocycles. The van der Waals surface area contributed by atoms with Gasteiger partial charge in [0.15, 0.2) is 0 Å². The van der Waals surface area contributed by atoms with Crippen molar-refractivity contribution in [3.63, 3.8) is 0 Å². The molecule has 0 aromatic heterocycles. The minimum Gasteiger partial charge on any atom is -0.0984 e. The molecule has 0 bridgehead atoms. The van der Waals surface area contributed by atoms with Crippen LogP contribution in [-0.2, 0) is 0 Å². The van der Waals surface area contributed by atoms with Crippen LogP contribution in [0.1, 0.15) is 18.6 Å². The molecular formula is C18H18. The van der Waals surface area contributed by atoms with Crippen LogP contribution in [0.3, 0.4) is 0 Å². The summed E-state index contributed by atoms with van der Waals surface area (Å²) in [5.41, 5.74) is 2.47. The Morgan fingerprint density at radius 1 is 0.944 bits per heavy atom. The third-order valence-corrected chi connectivity index (χ3v) is 3.47. The van der Waals surface area contributed by atoms with Crippen LogP contribution < -0.4 is 5.22 Å². The predicted octanol–water partition coefficient (Wildman–Crippen LogP) is 4.71. The van der Waals surface area contributed by atoms with E-state index in [9.17, 15) is 0 Å². The molecule has 0 amide bonds. The first-order chi connectivity index (χ1) is 8.22. The lowest BCUT2D eigenvalue weighted by Crippen LogP contribution is -2.01. The lowest BCUT2D eigenvalue weighted by Gasteiger charge is -2.10. The van der Waals surface area contributed by atoms with E-state index in [1.807, 2.05) is 6.08 Å². The van der Waals surface area contributed by atoms with Gasteiger partial charge < -0.3 is 0 Å². The van der Waals surface area contributed by atoms with Crippen LogP contribution in [0.15, 0.2) is 43.0 Å². The van der Waals surface area contributed by atoms with Crippen LogP contribution in [-0.4, -0.2) is 0 Å². The molecule has 0 aliphatic carbocycles. The maximum atomic E-state index is 4.14. The summed E-state index contributed by atoms with van der Waals surface area (Å²) in [5, 5.41) is 6.21. The molecule has 0 fully saturated rings. The van der Waals surface area contributed by atoms with E-state index in [0.717, 1.165) is 5.22 Å². The number of aryl methyl sites for hydroxylation is 1. The zero-order valence-electron chi connectivity index (χ0n) is 9.96. The van der Waals surface area contributed by atoms with Crippen molar-refractivity contribution in [3.05, 3.63) is 59.3 Å². The average molecular weight is 234 g/mol. The number of hydrogen-bond acceptors (Lipinski definition) is 0. The Hall–Kier alpha value is -2.08. The Kier molecular flexibility index (Phi) is 2.96. The Morgan fingerprint density at radius 2 is 1.67 bits per heavy atom. The summed E-state index contributed by atoms with van der Waals surface area (Å²) in [7, 11) is 0. The average Bonchev–Trinajstić information content (AvgIpc) is 2.35. The molecule has 90 valence electrons. The quantitative estimate of drug-likeness (QED) is 0.572. The van der Waals surface area contributed by atoms with Gasteiger partial charge in [0.25, 0.3) is 0 Å². The third kappa shape index (κ3) is 1.53. The van der Waals surface area contributed by atoms with Gasteiger partial charge >= 0.3 is 0 Å². The van der Waals surface area contributed by atoms with Crippen LogP contribution in [0, 0.1) is 6.92 Å². The normalized spacial score (nSPS) is 10.5. The molecule has 0 aliphatic rings. The van der Waals surface area contributed by atoms with Crippen molar-refractivity contribution < 1.29 is 0 Å². The van der Waals surface area contributed by atoms with Crippen molar-refractivity contribution in [1.82, 2.24) is 0 Å². The van der Waals surface area contributed by atoms with Gasteiger partial charge in [-0.2, -0.15) is 0 Å². The van der Waals surface area contributed by atoms with E-state index in [0.29, 0.717) is 0 Å². The van der Waals surface area contributed by atoms with E-state index in [2.05, 4.69) is 56.5 Å². The fraction of sp³-hybridized carbons (Fsp3) is 0.111. The standard InChI is InChI=1S/C17H14.CH4/c1-4-13-8-9-14-7-5-11(2)15-10-6-12(3)16(13)17(14)15;/h4-10H,1,3H2,2H3;1H4. The molecule has 0 nitrogen and oxygen atoms in total. The molecule has 3 aromatic rings. The molecule has 0 unspecified atom stereocenters. The highest BCUT2D eigenvalue weighted by atomic mass is 14.1. The fourth-order valence-electron chi connectivity index (χ4n) is 2.56. The third-order valence-electron chi connectivity index (χ3n) is 3.47. The van der Waals surface area contributed by atoms with Crippen molar-refractivity contribution in [2.45, 2.75) is 14.4 Å². The van der Waals surface area contributed by atoms with E-state index in [4.69, 9.17) is 0 Å². The van der Waals surface area contributed by atoms with Gasteiger partial charge in [0, 0.05) is 0 Å². The van der Waals surface area contributed by atoms with Crippen molar-refractivity contribution in [3.8, 4) is 0 Å². The first-order valence-corrected chi connectivity index (χ1v) is 5.78. The Balaban J connectivity index is 0.00000120. The predicted molar refractivity (Wildman–Crippen MR) is 83.8 cm³/mol. The second-order valence-electron chi connectivity index (χ2n) is 4.49. The number of hydrogen-bond donors (Lipinski definition) is 0. The molecule has 0 aliphatic heterocycles. The Morgan fingerprint density at radius 3 is 2.39 bits per heavy atom. The molecule has 18 heavy (non-hydrogen) atoms. The van der Waals surface area contributed by atoms with Crippen LogP contribution in [0.25, 0.3) is 34.2 Å². The monoisotopic (exact) mass is 234 g/mol. The smallest absolute Gasteiger partial charge is 0.00244 e. The summed E-state index contributed by atoms with van der Waals surface area (Å²) >= 11 is 0. The van der Waals surface area contributed by atoms with E-state index in [1.165, 1.54) is 32.7 Å². The Bertz CT molecular complexity index is 779. The highest BCUT2D eigenvalue weighted by molar-refractivity contribution is 6.13. The summed E-state index contributed by atoms with van der Waals surface area (Å²) < 4.78 is 0. The van der Waals surface area contributed by atoms with E-state index in [1.54, 1.807) is 0 Å². The minimum absolute atomic E-state index is 0. The molecule has 0 saturated carbocycles. The lowest BCUT2D eigenvalue weighted by molar-refractivity contribution is 1.54. The molecule has 3 aromatic carbocycles. The molecule has 0 heteroatoms. The first-order valence-electron chi connectivity index (χ1n) is 5.78. The summed E-state index contributed by atoms with van der Waals surface area (Å²) in [5.74, 6) is 0. The number of benzene rings is 3. The lowest BCUT2D eigenvalue weighted by atomic mass is 9.93. The van der Waals surface area contributed by atoms with Crippen LogP contribution in [0.2, 0.25) is 0 Å². The molecule has 0 spiro atoms. The zero-order valence-corrected chi connectivity index (χ0v) is 9.96. The summed E-state index contributed by atoms with van der Waals surface area (Å²) in [6.45, 7) is 10.2. The van der Waals surface area contributed by atoms with Gasteiger partial charge in [0.05, 0.1) is 0 Å². The molecular weight excluding hydrogens is 216 g/mol. The SMILES string of the molecule is C.C=Cc1ccc2ccc(C)c3ccc(=C)c1c23. The van der Waals surface area contributed by atoms with E-state index < -0.39 is 0 Å². The van der Waals surface area contributed by atoms with Gasteiger partial charge in [-0.15, -0.1) is 0 Å². The van der Waals surface area contributed by atoms with Crippen LogP contribution in [0.5, 0.6) is 0 Å². The summed E-state index contributed by atoms with van der Waals surface area (Å²) in [4.78, 5) is 0.